The van der Waals surface area contributed by atoms with Gasteiger partial charge in [0.05, 0.1) is 12.8 Å². The van der Waals surface area contributed by atoms with E-state index in [1.165, 1.54) is 17.7 Å². The predicted octanol–water partition coefficient (Wildman–Crippen LogP) is 3.94. The number of para-hydroxylation sites is 2. The maximum atomic E-state index is 5.52. The van der Waals surface area contributed by atoms with Crippen molar-refractivity contribution in [2.24, 2.45) is 10.9 Å². The maximum Gasteiger partial charge on any atom is 0.191 e. The second-order valence-corrected chi connectivity index (χ2v) is 8.11. The third kappa shape index (κ3) is 5.41. The lowest BCUT2D eigenvalue weighted by Gasteiger charge is -2.21. The van der Waals surface area contributed by atoms with Gasteiger partial charge in [0.1, 0.15) is 5.75 Å². The van der Waals surface area contributed by atoms with Crippen LogP contribution in [0.2, 0.25) is 0 Å². The molecule has 2 N–H and O–H groups in total. The van der Waals surface area contributed by atoms with Crippen molar-refractivity contribution in [2.45, 2.75) is 26.2 Å². The quantitative estimate of drug-likeness (QED) is 0.520. The van der Waals surface area contributed by atoms with Gasteiger partial charge in [0.2, 0.25) is 0 Å². The Balaban J connectivity index is 1.52. The Bertz CT molecular complexity index is 747. The van der Waals surface area contributed by atoms with E-state index in [1.54, 1.807) is 18.4 Å². The van der Waals surface area contributed by atoms with Gasteiger partial charge >= 0.3 is 0 Å². The zero-order valence-electron chi connectivity index (χ0n) is 17.1. The van der Waals surface area contributed by atoms with Gasteiger partial charge in [-0.1, -0.05) is 19.1 Å². The molecule has 2 atom stereocenters. The van der Waals surface area contributed by atoms with Crippen LogP contribution in [0.3, 0.4) is 0 Å². The maximum absolute atomic E-state index is 5.52. The molecule has 0 bridgehead atoms. The number of hydrogen-bond donors (Lipinski definition) is 2. The number of benzene rings is 1. The van der Waals surface area contributed by atoms with Crippen molar-refractivity contribution >= 4 is 23.0 Å². The third-order valence-corrected chi connectivity index (χ3v) is 5.95. The summed E-state index contributed by atoms with van der Waals surface area (Å²) in [5, 5.41) is 11.3. The topological polar surface area (TPSA) is 48.9 Å². The van der Waals surface area contributed by atoms with Gasteiger partial charge in [-0.25, -0.2) is 0 Å². The van der Waals surface area contributed by atoms with E-state index in [0.29, 0.717) is 11.8 Å². The molecule has 1 aromatic carbocycles. The largest absolute Gasteiger partial charge is 0.495 e. The molecule has 1 aliphatic heterocycles. The van der Waals surface area contributed by atoms with E-state index in [4.69, 9.17) is 9.73 Å². The molecule has 1 saturated heterocycles. The number of anilines is 1. The Morgan fingerprint density at radius 1 is 1.32 bits per heavy atom. The summed E-state index contributed by atoms with van der Waals surface area (Å²) in [5.74, 6) is 2.91. The lowest BCUT2D eigenvalue weighted by Crippen LogP contribution is -2.40. The summed E-state index contributed by atoms with van der Waals surface area (Å²) in [7, 11) is 1.74. The lowest BCUT2D eigenvalue weighted by atomic mass is 10.1. The summed E-state index contributed by atoms with van der Waals surface area (Å²) >= 11 is 1.75. The van der Waals surface area contributed by atoms with Crippen LogP contribution in [-0.2, 0) is 0 Å². The van der Waals surface area contributed by atoms with Crippen LogP contribution >= 0.6 is 11.3 Å². The van der Waals surface area contributed by atoms with Gasteiger partial charge in [0.15, 0.2) is 5.96 Å². The number of ether oxygens (including phenoxy) is 1. The van der Waals surface area contributed by atoms with Crippen molar-refractivity contribution < 1.29 is 4.74 Å². The number of nitrogens with zero attached hydrogens (tertiary/aromatic N) is 2. The molecule has 5 nitrogen and oxygen atoms in total. The fraction of sp³-hybridized carbons (Fsp3) is 0.500. The van der Waals surface area contributed by atoms with Crippen molar-refractivity contribution in [2.75, 3.05) is 44.7 Å². The second kappa shape index (κ2) is 10.4. The summed E-state index contributed by atoms with van der Waals surface area (Å²) in [4.78, 5) is 7.22. The summed E-state index contributed by atoms with van der Waals surface area (Å²) in [6.45, 7) is 9.05. The SMILES string of the molecule is CCNC(=NCC(C)c1ccsc1)NCC1CCN(c2ccccc2OC)C1. The molecule has 0 spiro atoms. The van der Waals surface area contributed by atoms with Gasteiger partial charge in [-0.2, -0.15) is 11.3 Å². The van der Waals surface area contributed by atoms with Crippen LogP contribution in [-0.4, -0.2) is 45.8 Å². The van der Waals surface area contributed by atoms with Gasteiger partial charge in [0.25, 0.3) is 0 Å². The smallest absolute Gasteiger partial charge is 0.191 e. The van der Waals surface area contributed by atoms with E-state index in [0.717, 1.165) is 44.4 Å². The lowest BCUT2D eigenvalue weighted by molar-refractivity contribution is 0.414. The van der Waals surface area contributed by atoms with Gasteiger partial charge in [-0.3, -0.25) is 4.99 Å². The van der Waals surface area contributed by atoms with Crippen LogP contribution in [0.5, 0.6) is 5.75 Å². The summed E-state index contributed by atoms with van der Waals surface area (Å²) in [6.07, 6.45) is 1.18. The first kappa shape index (κ1) is 20.5. The zero-order valence-corrected chi connectivity index (χ0v) is 18.0. The minimum atomic E-state index is 0.439. The molecule has 6 heteroatoms. The van der Waals surface area contributed by atoms with Crippen LogP contribution in [0.1, 0.15) is 31.7 Å². The highest BCUT2D eigenvalue weighted by molar-refractivity contribution is 7.07. The van der Waals surface area contributed by atoms with Crippen LogP contribution in [0.25, 0.3) is 0 Å². The van der Waals surface area contributed by atoms with Gasteiger partial charge in [-0.05, 0) is 53.8 Å². The molecule has 1 aliphatic rings. The molecule has 2 heterocycles. The van der Waals surface area contributed by atoms with Crippen molar-refractivity contribution in [3.8, 4) is 5.75 Å². The van der Waals surface area contributed by atoms with Crippen molar-refractivity contribution in [3.05, 3.63) is 46.7 Å². The Kier molecular flexibility index (Phi) is 7.60. The standard InChI is InChI=1S/C22H32N4OS/c1-4-23-22(24-13-17(2)19-10-12-28-16-19)25-14-18-9-11-26(15-18)20-7-5-6-8-21(20)27-3/h5-8,10,12,16-18H,4,9,11,13-15H2,1-3H3,(H2,23,24,25). The normalized spacial score (nSPS) is 18.2. The van der Waals surface area contributed by atoms with E-state index in [9.17, 15) is 0 Å². The van der Waals surface area contributed by atoms with Crippen molar-refractivity contribution in [1.29, 1.82) is 0 Å². The number of thiophene rings is 1. The Labute approximate surface area is 172 Å². The molecule has 2 unspecified atom stereocenters. The van der Waals surface area contributed by atoms with E-state index in [2.05, 4.69) is 58.3 Å². The highest BCUT2D eigenvalue weighted by atomic mass is 32.1. The highest BCUT2D eigenvalue weighted by Crippen LogP contribution is 2.31. The zero-order chi connectivity index (χ0) is 19.8. The molecule has 0 radical (unpaired) electrons. The van der Waals surface area contributed by atoms with Gasteiger partial charge in [-0.15, -0.1) is 0 Å². The highest BCUT2D eigenvalue weighted by Gasteiger charge is 2.24. The Hall–Kier alpha value is -2.21. The number of rotatable bonds is 8. The van der Waals surface area contributed by atoms with Crippen LogP contribution < -0.4 is 20.3 Å². The average molecular weight is 401 g/mol. The van der Waals surface area contributed by atoms with E-state index >= 15 is 0 Å². The molecular formula is C22H32N4OS. The summed E-state index contributed by atoms with van der Waals surface area (Å²) < 4.78 is 5.52. The number of nitrogens with one attached hydrogen (secondary N) is 2. The van der Waals surface area contributed by atoms with Crippen LogP contribution in [0, 0.1) is 5.92 Å². The van der Waals surface area contributed by atoms with E-state index in [1.807, 2.05) is 12.1 Å². The average Bonchev–Trinajstić information content (AvgIpc) is 3.42. The Morgan fingerprint density at radius 2 is 2.18 bits per heavy atom. The molecule has 2 aromatic rings. The first-order valence-electron chi connectivity index (χ1n) is 10.1. The molecule has 3 rings (SSSR count). The van der Waals surface area contributed by atoms with Gasteiger partial charge in [0, 0.05) is 38.6 Å². The van der Waals surface area contributed by atoms with E-state index < -0.39 is 0 Å². The predicted molar refractivity (Wildman–Crippen MR) is 120 cm³/mol. The second-order valence-electron chi connectivity index (χ2n) is 7.33. The fourth-order valence-corrected chi connectivity index (χ4v) is 4.36. The van der Waals surface area contributed by atoms with Crippen molar-refractivity contribution in [3.63, 3.8) is 0 Å². The Morgan fingerprint density at radius 3 is 2.93 bits per heavy atom. The van der Waals surface area contributed by atoms with Crippen molar-refractivity contribution in [1.82, 2.24) is 10.6 Å². The molecule has 0 amide bonds. The fourth-order valence-electron chi connectivity index (χ4n) is 3.58. The number of hydrogen-bond acceptors (Lipinski definition) is 4. The molecular weight excluding hydrogens is 368 g/mol. The number of methoxy groups -OCH3 is 1. The molecule has 152 valence electrons. The minimum absolute atomic E-state index is 0.439. The first-order valence-corrected chi connectivity index (χ1v) is 11.1. The first-order chi connectivity index (χ1) is 13.7. The molecule has 0 aliphatic carbocycles. The molecule has 1 fully saturated rings. The summed E-state index contributed by atoms with van der Waals surface area (Å²) in [5.41, 5.74) is 2.56. The monoisotopic (exact) mass is 400 g/mol. The van der Waals surface area contributed by atoms with E-state index in [-0.39, 0.29) is 0 Å². The van der Waals surface area contributed by atoms with Crippen LogP contribution in [0.4, 0.5) is 5.69 Å². The van der Waals surface area contributed by atoms with Crippen LogP contribution in [0.15, 0.2) is 46.1 Å². The number of aliphatic imine (C=N–C) groups is 1. The summed E-state index contributed by atoms with van der Waals surface area (Å²) in [6, 6.07) is 10.5. The third-order valence-electron chi connectivity index (χ3n) is 5.25. The minimum Gasteiger partial charge on any atom is -0.495 e. The van der Waals surface area contributed by atoms with Gasteiger partial charge < -0.3 is 20.3 Å². The molecule has 28 heavy (non-hydrogen) atoms. The molecule has 1 aromatic heterocycles. The molecule has 0 saturated carbocycles. The number of guanidine groups is 1.